The molecular weight excluding hydrogens is 679 g/mol. The molecule has 2 atom stereocenters. The molecule has 0 bridgehead atoms. The van der Waals surface area contributed by atoms with Crippen LogP contribution >= 0.6 is 34.5 Å². The standard InChI is InChI=1S/C38H30Cl2N4O4S/c1-25-6-18-31(19-7-25)47-34(36(45)43(33-5-3-4-22-41-33)29-14-10-27(39)11-15-29)35(48-32-20-8-26(2)9-21-32)37(46)44(38-42-23-24-49-38)30-16-12-28(40)13-17-30/h3-24,34-35H,1-2H3. The summed E-state index contributed by atoms with van der Waals surface area (Å²) in [6.45, 7) is 3.89. The van der Waals surface area contributed by atoms with Gasteiger partial charge in [-0.15, -0.1) is 11.3 Å². The van der Waals surface area contributed by atoms with Gasteiger partial charge in [0.2, 0.25) is 12.2 Å². The van der Waals surface area contributed by atoms with Crippen LogP contribution < -0.4 is 19.3 Å². The number of hydrogen-bond donors (Lipinski definition) is 0. The van der Waals surface area contributed by atoms with E-state index in [-0.39, 0.29) is 0 Å². The van der Waals surface area contributed by atoms with Crippen LogP contribution in [0.4, 0.5) is 22.3 Å². The summed E-state index contributed by atoms with van der Waals surface area (Å²) in [6.07, 6.45) is 0.108. The van der Waals surface area contributed by atoms with Crippen LogP contribution in [0, 0.1) is 13.8 Å². The zero-order valence-corrected chi connectivity index (χ0v) is 28.8. The number of thiazole rings is 1. The van der Waals surface area contributed by atoms with Crippen LogP contribution in [0.3, 0.4) is 0 Å². The van der Waals surface area contributed by atoms with Crippen LogP contribution in [0.15, 0.2) is 133 Å². The molecule has 49 heavy (non-hydrogen) atoms. The first-order valence-corrected chi connectivity index (χ1v) is 16.9. The third kappa shape index (κ3) is 8.09. The Morgan fingerprint density at radius 2 is 1.10 bits per heavy atom. The van der Waals surface area contributed by atoms with Crippen molar-refractivity contribution < 1.29 is 19.1 Å². The maximum absolute atomic E-state index is 15.1. The van der Waals surface area contributed by atoms with Gasteiger partial charge in [-0.25, -0.2) is 9.97 Å². The number of rotatable bonds is 11. The molecule has 4 aromatic carbocycles. The normalized spacial score (nSPS) is 12.1. The average molecular weight is 710 g/mol. The predicted molar refractivity (Wildman–Crippen MR) is 195 cm³/mol. The van der Waals surface area contributed by atoms with Crippen molar-refractivity contribution in [3.05, 3.63) is 154 Å². The lowest BCUT2D eigenvalue weighted by Crippen LogP contribution is -2.55. The second-order valence-electron chi connectivity index (χ2n) is 11.0. The SMILES string of the molecule is Cc1ccc(OC(C(=O)N(c2ccc(Cl)cc2)c2ccccn2)C(Oc2ccc(C)cc2)C(=O)N(c2ccc(Cl)cc2)c2nccs2)cc1. The summed E-state index contributed by atoms with van der Waals surface area (Å²) in [5.41, 5.74) is 2.92. The number of hydrogen-bond acceptors (Lipinski definition) is 7. The Bertz CT molecular complexity index is 1990. The molecule has 2 amide bonds. The number of amides is 2. The van der Waals surface area contributed by atoms with Gasteiger partial charge in [0.1, 0.15) is 17.3 Å². The highest BCUT2D eigenvalue weighted by molar-refractivity contribution is 7.13. The van der Waals surface area contributed by atoms with E-state index in [1.54, 1.807) is 109 Å². The minimum atomic E-state index is -1.54. The number of aromatic nitrogens is 2. The van der Waals surface area contributed by atoms with Gasteiger partial charge in [-0.2, -0.15) is 0 Å². The molecule has 11 heteroatoms. The number of halogens is 2. The molecule has 6 rings (SSSR count). The van der Waals surface area contributed by atoms with Crippen molar-refractivity contribution in [1.29, 1.82) is 0 Å². The number of benzene rings is 4. The quantitative estimate of drug-likeness (QED) is 0.133. The van der Waals surface area contributed by atoms with E-state index in [1.807, 2.05) is 38.1 Å². The molecule has 2 heterocycles. The van der Waals surface area contributed by atoms with Crippen LogP contribution in [-0.2, 0) is 9.59 Å². The van der Waals surface area contributed by atoms with Crippen molar-refractivity contribution in [1.82, 2.24) is 9.97 Å². The zero-order chi connectivity index (χ0) is 34.3. The summed E-state index contributed by atoms with van der Waals surface area (Å²) < 4.78 is 13.0. The number of ether oxygens (including phenoxy) is 2. The number of carbonyl (C=O) groups excluding carboxylic acids is 2. The molecule has 2 unspecified atom stereocenters. The highest BCUT2D eigenvalue weighted by Gasteiger charge is 2.44. The third-order valence-electron chi connectivity index (χ3n) is 7.43. The Kier molecular flexibility index (Phi) is 10.5. The van der Waals surface area contributed by atoms with E-state index in [0.717, 1.165) is 11.1 Å². The van der Waals surface area contributed by atoms with E-state index in [1.165, 1.54) is 21.1 Å². The lowest BCUT2D eigenvalue weighted by atomic mass is 10.1. The third-order valence-corrected chi connectivity index (χ3v) is 8.69. The maximum Gasteiger partial charge on any atom is 0.278 e. The van der Waals surface area contributed by atoms with Crippen LogP contribution in [0.5, 0.6) is 11.5 Å². The topological polar surface area (TPSA) is 84.9 Å². The molecule has 0 aliphatic rings. The number of anilines is 4. The fraction of sp³-hybridized carbons (Fsp3) is 0.105. The largest absolute Gasteiger partial charge is 0.476 e. The summed E-state index contributed by atoms with van der Waals surface area (Å²) >= 11 is 13.7. The minimum Gasteiger partial charge on any atom is -0.476 e. The van der Waals surface area contributed by atoms with E-state index in [4.69, 9.17) is 32.7 Å². The summed E-state index contributed by atoms with van der Waals surface area (Å²) in [5.74, 6) is -0.176. The van der Waals surface area contributed by atoms with Crippen LogP contribution in [-0.4, -0.2) is 34.0 Å². The van der Waals surface area contributed by atoms with Crippen molar-refractivity contribution in [2.75, 3.05) is 9.80 Å². The predicted octanol–water partition coefficient (Wildman–Crippen LogP) is 9.39. The molecule has 0 aliphatic heterocycles. The van der Waals surface area contributed by atoms with E-state index in [0.29, 0.717) is 43.9 Å². The number of carbonyl (C=O) groups is 2. The summed E-state index contributed by atoms with van der Waals surface area (Å²) in [6, 6.07) is 33.1. The Labute approximate surface area is 298 Å². The fourth-order valence-electron chi connectivity index (χ4n) is 4.96. The van der Waals surface area contributed by atoms with Gasteiger partial charge in [0, 0.05) is 27.8 Å². The molecule has 2 aromatic heterocycles. The van der Waals surface area contributed by atoms with Crippen molar-refractivity contribution in [3.8, 4) is 11.5 Å². The van der Waals surface area contributed by atoms with Gasteiger partial charge in [0.05, 0.1) is 11.4 Å². The van der Waals surface area contributed by atoms with Gasteiger partial charge < -0.3 is 9.47 Å². The van der Waals surface area contributed by atoms with Gasteiger partial charge in [-0.05, 0) is 98.8 Å². The molecule has 0 radical (unpaired) electrons. The van der Waals surface area contributed by atoms with E-state index in [2.05, 4.69) is 9.97 Å². The number of nitrogens with zero attached hydrogens (tertiary/aromatic N) is 4. The van der Waals surface area contributed by atoms with Gasteiger partial charge in [0.25, 0.3) is 11.8 Å². The van der Waals surface area contributed by atoms with Gasteiger partial charge in [0.15, 0.2) is 5.13 Å². The molecule has 0 N–H and O–H groups in total. The van der Waals surface area contributed by atoms with Crippen LogP contribution in [0.2, 0.25) is 10.0 Å². The van der Waals surface area contributed by atoms with Crippen molar-refractivity contribution in [2.24, 2.45) is 0 Å². The van der Waals surface area contributed by atoms with Gasteiger partial charge >= 0.3 is 0 Å². The summed E-state index contributed by atoms with van der Waals surface area (Å²) in [4.78, 5) is 41.9. The molecule has 0 aliphatic carbocycles. The minimum absolute atomic E-state index is 0.309. The molecule has 0 saturated carbocycles. The average Bonchev–Trinajstić information content (AvgIpc) is 3.65. The van der Waals surface area contributed by atoms with Crippen molar-refractivity contribution in [3.63, 3.8) is 0 Å². The molecular formula is C38H30Cl2N4O4S. The highest BCUT2D eigenvalue weighted by atomic mass is 35.5. The first-order chi connectivity index (χ1) is 23.8. The molecule has 0 fully saturated rings. The van der Waals surface area contributed by atoms with Crippen molar-refractivity contribution in [2.45, 2.75) is 26.1 Å². The van der Waals surface area contributed by atoms with Crippen LogP contribution in [0.25, 0.3) is 0 Å². The smallest absolute Gasteiger partial charge is 0.278 e. The number of aryl methyl sites for hydroxylation is 2. The highest BCUT2D eigenvalue weighted by Crippen LogP contribution is 2.33. The zero-order valence-electron chi connectivity index (χ0n) is 26.4. The first-order valence-electron chi connectivity index (χ1n) is 15.2. The van der Waals surface area contributed by atoms with Crippen molar-refractivity contribution >= 4 is 68.7 Å². The van der Waals surface area contributed by atoms with E-state index >= 15 is 9.59 Å². The molecule has 0 spiro atoms. The first kappa shape index (κ1) is 33.7. The summed E-state index contributed by atoms with van der Waals surface area (Å²) in [7, 11) is 0. The maximum atomic E-state index is 15.1. The van der Waals surface area contributed by atoms with Gasteiger partial charge in [-0.3, -0.25) is 19.4 Å². The molecule has 8 nitrogen and oxygen atoms in total. The Balaban J connectivity index is 1.53. The lowest BCUT2D eigenvalue weighted by molar-refractivity contribution is -0.138. The van der Waals surface area contributed by atoms with Crippen LogP contribution in [0.1, 0.15) is 11.1 Å². The molecule has 246 valence electrons. The second kappa shape index (κ2) is 15.3. The monoisotopic (exact) mass is 708 g/mol. The fourth-order valence-corrected chi connectivity index (χ4v) is 5.88. The molecule has 0 saturated heterocycles. The Morgan fingerprint density at radius 3 is 1.55 bits per heavy atom. The van der Waals surface area contributed by atoms with E-state index in [9.17, 15) is 0 Å². The summed E-state index contributed by atoms with van der Waals surface area (Å²) in [5, 5.41) is 3.11. The Morgan fingerprint density at radius 1 is 0.612 bits per heavy atom. The Hall–Kier alpha value is -5.22. The van der Waals surface area contributed by atoms with Gasteiger partial charge in [-0.1, -0.05) is 64.7 Å². The second-order valence-corrected chi connectivity index (χ2v) is 12.8. The molecule has 6 aromatic rings. The number of pyridine rings is 1. The lowest BCUT2D eigenvalue weighted by Gasteiger charge is -2.33. The van der Waals surface area contributed by atoms with E-state index < -0.39 is 24.0 Å².